The fourth-order valence-electron chi connectivity index (χ4n) is 1.15. The van der Waals surface area contributed by atoms with Gasteiger partial charge in [-0.25, -0.2) is 8.42 Å². The highest BCUT2D eigenvalue weighted by Crippen LogP contribution is 2.28. The molecule has 1 heterocycles. The van der Waals surface area contributed by atoms with Crippen molar-refractivity contribution in [1.82, 2.24) is 5.73 Å². The smallest absolute Gasteiger partial charge is 0.200 e. The molecule has 0 fully saturated rings. The molecule has 1 aliphatic rings. The lowest BCUT2D eigenvalue weighted by atomic mass is 10.2. The zero-order valence-electron chi connectivity index (χ0n) is 6.11. The van der Waals surface area contributed by atoms with Crippen LogP contribution in [0.25, 0.3) is 6.08 Å². The van der Waals surface area contributed by atoms with Crippen LogP contribution in [0.5, 0.6) is 0 Å². The molecular formula is C8H6NO2S. The van der Waals surface area contributed by atoms with Crippen LogP contribution >= 0.6 is 0 Å². The molecule has 0 saturated carbocycles. The van der Waals surface area contributed by atoms with Crippen molar-refractivity contribution in [3.63, 3.8) is 0 Å². The Hall–Kier alpha value is -1.29. The first-order valence-corrected chi connectivity index (χ1v) is 4.93. The van der Waals surface area contributed by atoms with Crippen molar-refractivity contribution in [1.29, 1.82) is 0 Å². The van der Waals surface area contributed by atoms with Gasteiger partial charge in [-0.3, -0.25) is 0 Å². The van der Waals surface area contributed by atoms with Crippen LogP contribution in [0.1, 0.15) is 5.56 Å². The topological polar surface area (TPSA) is 57.9 Å². The van der Waals surface area contributed by atoms with Crippen molar-refractivity contribution in [2.75, 3.05) is 0 Å². The number of nitrogens with one attached hydrogen (secondary N) is 1. The number of rotatable bonds is 0. The van der Waals surface area contributed by atoms with E-state index in [2.05, 4.69) is 0 Å². The molecule has 61 valence electrons. The van der Waals surface area contributed by atoms with E-state index in [9.17, 15) is 8.42 Å². The van der Waals surface area contributed by atoms with Gasteiger partial charge in [-0.05, 0) is 23.8 Å². The van der Waals surface area contributed by atoms with Crippen LogP contribution in [0.2, 0.25) is 0 Å². The second kappa shape index (κ2) is 2.10. The van der Waals surface area contributed by atoms with Crippen molar-refractivity contribution in [3.8, 4) is 0 Å². The fourth-order valence-corrected chi connectivity index (χ4v) is 2.38. The average molecular weight is 180 g/mol. The predicted octanol–water partition coefficient (Wildman–Crippen LogP) is 1.36. The molecule has 0 unspecified atom stereocenters. The lowest BCUT2D eigenvalue weighted by molar-refractivity contribution is 0.605. The first-order chi connectivity index (χ1) is 5.59. The summed E-state index contributed by atoms with van der Waals surface area (Å²) in [6.07, 6.45) is 1.55. The summed E-state index contributed by atoms with van der Waals surface area (Å²) in [6.45, 7) is 0. The summed E-state index contributed by atoms with van der Waals surface area (Å²) in [6, 6.07) is 4.58. The molecule has 0 amide bonds. The third-order valence-corrected chi connectivity index (χ3v) is 3.21. The summed E-state index contributed by atoms with van der Waals surface area (Å²) in [5, 5.41) is 1.16. The van der Waals surface area contributed by atoms with Crippen LogP contribution in [-0.4, -0.2) is 8.42 Å². The minimum atomic E-state index is -3.23. The Kier molecular flexibility index (Phi) is 1.29. The number of sulfone groups is 1. The fraction of sp³-hybridized carbons (Fsp3) is 0. The molecule has 1 N–H and O–H groups in total. The van der Waals surface area contributed by atoms with Crippen LogP contribution in [0.3, 0.4) is 0 Å². The first kappa shape index (κ1) is 7.36. The number of hydrogen-bond acceptors (Lipinski definition) is 2. The summed E-state index contributed by atoms with van der Waals surface area (Å²) >= 11 is 0. The van der Waals surface area contributed by atoms with Gasteiger partial charge in [-0.2, -0.15) is 0 Å². The molecule has 0 aliphatic carbocycles. The van der Waals surface area contributed by atoms with Gasteiger partial charge in [-0.1, -0.05) is 6.07 Å². The molecule has 0 aromatic heterocycles. The van der Waals surface area contributed by atoms with Crippen molar-refractivity contribution < 1.29 is 8.42 Å². The molecule has 0 spiro atoms. The molecule has 3 nitrogen and oxygen atoms in total. The SMILES string of the molecule is [NH]c1ccc2c(c1)S(=O)(=O)C=C2. The van der Waals surface area contributed by atoms with E-state index >= 15 is 0 Å². The lowest BCUT2D eigenvalue weighted by Crippen LogP contribution is -1.92. The zero-order valence-corrected chi connectivity index (χ0v) is 6.93. The highest BCUT2D eigenvalue weighted by atomic mass is 32.2. The van der Waals surface area contributed by atoms with E-state index in [0.29, 0.717) is 5.56 Å². The Morgan fingerprint density at radius 2 is 2.00 bits per heavy atom. The highest BCUT2D eigenvalue weighted by Gasteiger charge is 2.19. The van der Waals surface area contributed by atoms with E-state index in [1.165, 1.54) is 6.07 Å². The van der Waals surface area contributed by atoms with Gasteiger partial charge in [0.05, 0.1) is 10.6 Å². The highest BCUT2D eigenvalue weighted by molar-refractivity contribution is 7.94. The summed E-state index contributed by atoms with van der Waals surface area (Å²) in [7, 11) is -3.23. The van der Waals surface area contributed by atoms with E-state index in [1.54, 1.807) is 18.2 Å². The maximum Gasteiger partial charge on any atom is 0.200 e. The second-order valence-corrected chi connectivity index (χ2v) is 4.40. The van der Waals surface area contributed by atoms with E-state index in [0.717, 1.165) is 5.41 Å². The molecule has 0 atom stereocenters. The van der Waals surface area contributed by atoms with Crippen molar-refractivity contribution in [3.05, 3.63) is 29.2 Å². The molecule has 1 aromatic carbocycles. The van der Waals surface area contributed by atoms with Gasteiger partial charge >= 0.3 is 0 Å². The van der Waals surface area contributed by atoms with Gasteiger partial charge in [0.25, 0.3) is 0 Å². The Bertz CT molecular complexity index is 460. The first-order valence-electron chi connectivity index (χ1n) is 3.38. The monoisotopic (exact) mass is 180 g/mol. The normalized spacial score (nSPS) is 17.7. The third kappa shape index (κ3) is 0.921. The maximum absolute atomic E-state index is 11.2. The largest absolute Gasteiger partial charge is 0.301 e. The van der Waals surface area contributed by atoms with Crippen molar-refractivity contribution >= 4 is 21.6 Å². The van der Waals surface area contributed by atoms with E-state index in [1.807, 2.05) is 0 Å². The van der Waals surface area contributed by atoms with Gasteiger partial charge in [0, 0.05) is 5.41 Å². The van der Waals surface area contributed by atoms with Crippen LogP contribution in [-0.2, 0) is 9.84 Å². The summed E-state index contributed by atoms with van der Waals surface area (Å²) in [5.74, 6) is 0. The van der Waals surface area contributed by atoms with Crippen LogP contribution in [0.15, 0.2) is 28.5 Å². The second-order valence-electron chi connectivity index (χ2n) is 2.60. The zero-order chi connectivity index (χ0) is 8.77. The van der Waals surface area contributed by atoms with Crippen molar-refractivity contribution in [2.24, 2.45) is 0 Å². The van der Waals surface area contributed by atoms with Gasteiger partial charge in [0.1, 0.15) is 0 Å². The predicted molar refractivity (Wildman–Crippen MR) is 45.4 cm³/mol. The number of fused-ring (bicyclic) bond motifs is 1. The van der Waals surface area contributed by atoms with E-state index < -0.39 is 9.84 Å². The molecule has 2 rings (SSSR count). The Balaban J connectivity index is 2.80. The number of hydrogen-bond donors (Lipinski definition) is 0. The summed E-state index contributed by atoms with van der Waals surface area (Å²) in [5.41, 5.74) is 8.14. The van der Waals surface area contributed by atoms with Crippen molar-refractivity contribution in [2.45, 2.75) is 4.90 Å². The Labute approximate surface area is 70.4 Å². The number of benzene rings is 1. The molecule has 0 bridgehead atoms. The minimum Gasteiger partial charge on any atom is -0.301 e. The van der Waals surface area contributed by atoms with Crippen LogP contribution in [0.4, 0.5) is 5.69 Å². The summed E-state index contributed by atoms with van der Waals surface area (Å²) < 4.78 is 22.5. The quantitative estimate of drug-likeness (QED) is 0.605. The summed E-state index contributed by atoms with van der Waals surface area (Å²) in [4.78, 5) is 0.245. The third-order valence-electron chi connectivity index (χ3n) is 1.75. The van der Waals surface area contributed by atoms with Gasteiger partial charge < -0.3 is 5.73 Å². The molecule has 12 heavy (non-hydrogen) atoms. The maximum atomic E-state index is 11.2. The Morgan fingerprint density at radius 3 is 2.75 bits per heavy atom. The minimum absolute atomic E-state index is 0.223. The molecule has 4 heteroatoms. The molecule has 1 aliphatic heterocycles. The van der Waals surface area contributed by atoms with Gasteiger partial charge in [-0.15, -0.1) is 0 Å². The average Bonchev–Trinajstić information content (AvgIpc) is 2.28. The van der Waals surface area contributed by atoms with Gasteiger partial charge in [0.15, 0.2) is 0 Å². The van der Waals surface area contributed by atoms with Gasteiger partial charge in [0.2, 0.25) is 9.84 Å². The standard InChI is InChI=1S/C8H6NO2S/c9-7-2-1-6-3-4-12(10,11)8(6)5-7/h1-5,9H. The molecule has 1 aromatic rings. The van der Waals surface area contributed by atoms with E-state index in [4.69, 9.17) is 5.73 Å². The van der Waals surface area contributed by atoms with Crippen LogP contribution in [0, 0.1) is 0 Å². The molecular weight excluding hydrogens is 174 g/mol. The molecule has 0 saturated heterocycles. The van der Waals surface area contributed by atoms with Crippen LogP contribution < -0.4 is 5.73 Å². The lowest BCUT2D eigenvalue weighted by Gasteiger charge is -1.97. The Morgan fingerprint density at radius 1 is 1.25 bits per heavy atom. The van der Waals surface area contributed by atoms with E-state index in [-0.39, 0.29) is 10.6 Å². The molecule has 1 radical (unpaired) electrons.